The van der Waals surface area contributed by atoms with Gasteiger partial charge in [-0.2, -0.15) is 0 Å². The van der Waals surface area contributed by atoms with Gasteiger partial charge in [-0.15, -0.1) is 0 Å². The van der Waals surface area contributed by atoms with Gasteiger partial charge in [-0.1, -0.05) is 27.7 Å². The molecule has 2 bridgehead atoms. The molecule has 0 unspecified atom stereocenters. The Kier molecular flexibility index (Phi) is 5.27. The van der Waals surface area contributed by atoms with Crippen LogP contribution in [0.4, 0.5) is 0 Å². The van der Waals surface area contributed by atoms with Crippen molar-refractivity contribution in [1.29, 1.82) is 0 Å². The number of carbonyl (C=O) groups excluding carboxylic acids is 1. The molecule has 138 valence electrons. The molecule has 3 atom stereocenters. The van der Waals surface area contributed by atoms with E-state index in [9.17, 15) is 4.79 Å². The van der Waals surface area contributed by atoms with Crippen LogP contribution in [0, 0.1) is 16.7 Å². The second-order valence-electron chi connectivity index (χ2n) is 9.11. The van der Waals surface area contributed by atoms with Crippen LogP contribution in [0.2, 0.25) is 0 Å². The molecule has 2 aliphatic carbocycles. The molecule has 1 heterocycles. The van der Waals surface area contributed by atoms with Crippen molar-refractivity contribution in [3.63, 3.8) is 0 Å². The van der Waals surface area contributed by atoms with Crippen LogP contribution in [-0.2, 0) is 4.79 Å². The third kappa shape index (κ3) is 3.24. The fourth-order valence-corrected chi connectivity index (χ4v) is 5.48. The molecule has 3 aliphatic rings. The van der Waals surface area contributed by atoms with Crippen LogP contribution in [0.15, 0.2) is 0 Å². The van der Waals surface area contributed by atoms with E-state index in [1.54, 1.807) is 0 Å². The quantitative estimate of drug-likeness (QED) is 0.811. The second-order valence-corrected chi connectivity index (χ2v) is 9.11. The Bertz CT molecular complexity index is 456. The summed E-state index contributed by atoms with van der Waals surface area (Å²) in [5, 5.41) is 3.39. The van der Waals surface area contributed by atoms with Gasteiger partial charge in [0.15, 0.2) is 0 Å². The maximum Gasteiger partial charge on any atom is 0.220 e. The van der Waals surface area contributed by atoms with Crippen LogP contribution >= 0.6 is 0 Å². The molecular weight excluding hydrogens is 298 g/mol. The van der Waals surface area contributed by atoms with E-state index in [2.05, 4.69) is 42.8 Å². The predicted molar refractivity (Wildman–Crippen MR) is 98.9 cm³/mol. The molecule has 0 spiro atoms. The van der Waals surface area contributed by atoms with Crippen LogP contribution in [-0.4, -0.2) is 61.0 Å². The number of nitrogens with zero attached hydrogens (tertiary/aromatic N) is 2. The minimum absolute atomic E-state index is 0.275. The maximum atomic E-state index is 12.4. The van der Waals surface area contributed by atoms with E-state index in [-0.39, 0.29) is 5.91 Å². The van der Waals surface area contributed by atoms with E-state index < -0.39 is 0 Å². The van der Waals surface area contributed by atoms with E-state index in [0.717, 1.165) is 38.5 Å². The number of nitrogens with one attached hydrogen (secondary N) is 1. The zero-order valence-electron chi connectivity index (χ0n) is 16.2. The molecule has 3 fully saturated rings. The lowest BCUT2D eigenvalue weighted by Crippen LogP contribution is -2.47. The van der Waals surface area contributed by atoms with Crippen molar-refractivity contribution in [3.8, 4) is 0 Å². The van der Waals surface area contributed by atoms with Gasteiger partial charge in [-0.25, -0.2) is 0 Å². The summed E-state index contributed by atoms with van der Waals surface area (Å²) < 4.78 is 0. The summed E-state index contributed by atoms with van der Waals surface area (Å²) in [6.45, 7) is 16.4. The summed E-state index contributed by atoms with van der Waals surface area (Å²) >= 11 is 0. The largest absolute Gasteiger partial charge is 0.353 e. The summed E-state index contributed by atoms with van der Waals surface area (Å²) in [5.74, 6) is 1.07. The monoisotopic (exact) mass is 335 g/mol. The van der Waals surface area contributed by atoms with Gasteiger partial charge in [0.2, 0.25) is 5.91 Å². The standard InChI is InChI=1S/C20H37N3O/c1-5-22-11-13-23(14-12-22)10-6-7-18(24)21-17-15-16-8-9-20(17,4)19(16,2)3/h16-17H,5-15H2,1-4H3,(H,21,24)/t16-,17-,20+/m1/s1. The number of rotatable bonds is 6. The van der Waals surface area contributed by atoms with Crippen molar-refractivity contribution in [2.75, 3.05) is 39.3 Å². The van der Waals surface area contributed by atoms with Crippen molar-refractivity contribution in [2.24, 2.45) is 16.7 Å². The summed E-state index contributed by atoms with van der Waals surface area (Å²) in [6, 6.07) is 0.395. The van der Waals surface area contributed by atoms with Gasteiger partial charge in [-0.3, -0.25) is 4.79 Å². The van der Waals surface area contributed by atoms with Crippen molar-refractivity contribution in [2.45, 2.75) is 65.8 Å². The molecule has 4 heteroatoms. The fourth-order valence-electron chi connectivity index (χ4n) is 5.48. The van der Waals surface area contributed by atoms with Crippen molar-refractivity contribution in [1.82, 2.24) is 15.1 Å². The van der Waals surface area contributed by atoms with E-state index in [1.807, 2.05) is 0 Å². The van der Waals surface area contributed by atoms with Crippen molar-refractivity contribution in [3.05, 3.63) is 0 Å². The molecule has 0 radical (unpaired) electrons. The van der Waals surface area contributed by atoms with Crippen LogP contribution < -0.4 is 5.32 Å². The smallest absolute Gasteiger partial charge is 0.220 e. The molecule has 0 aromatic heterocycles. The second kappa shape index (κ2) is 6.95. The average molecular weight is 336 g/mol. The Hall–Kier alpha value is -0.610. The highest BCUT2D eigenvalue weighted by molar-refractivity contribution is 5.76. The van der Waals surface area contributed by atoms with Gasteiger partial charge in [0, 0.05) is 38.6 Å². The highest BCUT2D eigenvalue weighted by Crippen LogP contribution is 2.65. The molecule has 0 aromatic carbocycles. The van der Waals surface area contributed by atoms with Gasteiger partial charge in [0.25, 0.3) is 0 Å². The lowest BCUT2D eigenvalue weighted by molar-refractivity contribution is -0.123. The van der Waals surface area contributed by atoms with Crippen LogP contribution in [0.5, 0.6) is 0 Å². The minimum atomic E-state index is 0.275. The van der Waals surface area contributed by atoms with Crippen LogP contribution in [0.25, 0.3) is 0 Å². The van der Waals surface area contributed by atoms with Crippen LogP contribution in [0.1, 0.15) is 59.8 Å². The molecule has 2 saturated carbocycles. The van der Waals surface area contributed by atoms with Gasteiger partial charge >= 0.3 is 0 Å². The van der Waals surface area contributed by atoms with Gasteiger partial charge in [0.05, 0.1) is 0 Å². The predicted octanol–water partition coefficient (Wildman–Crippen LogP) is 2.74. The Balaban J connectivity index is 1.38. The highest BCUT2D eigenvalue weighted by Gasteiger charge is 2.61. The third-order valence-electron chi connectivity index (χ3n) is 7.92. The number of likely N-dealkylation sites (N-methyl/N-ethyl adjacent to an activating group) is 1. The number of fused-ring (bicyclic) bond motifs is 2. The highest BCUT2D eigenvalue weighted by atomic mass is 16.1. The molecule has 24 heavy (non-hydrogen) atoms. The topological polar surface area (TPSA) is 35.6 Å². The first-order chi connectivity index (χ1) is 11.4. The molecule has 1 saturated heterocycles. The Labute approximate surface area is 148 Å². The fraction of sp³-hybridized carbons (Fsp3) is 0.950. The summed E-state index contributed by atoms with van der Waals surface area (Å²) in [4.78, 5) is 17.4. The molecular formula is C20H37N3O. The Morgan fingerprint density at radius 1 is 1.12 bits per heavy atom. The molecule has 1 N–H and O–H groups in total. The van der Waals surface area contributed by atoms with E-state index >= 15 is 0 Å². The van der Waals surface area contributed by atoms with E-state index in [0.29, 0.717) is 23.3 Å². The summed E-state index contributed by atoms with van der Waals surface area (Å²) in [6.07, 6.45) is 5.49. The molecule has 0 aromatic rings. The number of carbonyl (C=O) groups is 1. The lowest BCUT2D eigenvalue weighted by atomic mass is 9.69. The Morgan fingerprint density at radius 3 is 2.33 bits per heavy atom. The first-order valence-electron chi connectivity index (χ1n) is 10.1. The van der Waals surface area contributed by atoms with Crippen molar-refractivity contribution >= 4 is 5.91 Å². The molecule has 4 nitrogen and oxygen atoms in total. The minimum Gasteiger partial charge on any atom is -0.353 e. The third-order valence-corrected chi connectivity index (χ3v) is 7.92. The summed E-state index contributed by atoms with van der Waals surface area (Å²) in [5.41, 5.74) is 0.674. The number of amides is 1. The van der Waals surface area contributed by atoms with Gasteiger partial charge < -0.3 is 15.1 Å². The molecule has 1 aliphatic heterocycles. The molecule has 1 amide bonds. The lowest BCUT2D eigenvalue weighted by Gasteiger charge is -2.39. The van der Waals surface area contributed by atoms with Crippen LogP contribution in [0.3, 0.4) is 0 Å². The summed E-state index contributed by atoms with van der Waals surface area (Å²) in [7, 11) is 0. The number of hydrogen-bond acceptors (Lipinski definition) is 3. The zero-order valence-corrected chi connectivity index (χ0v) is 16.2. The van der Waals surface area contributed by atoms with E-state index in [1.165, 1.54) is 32.4 Å². The number of hydrogen-bond donors (Lipinski definition) is 1. The van der Waals surface area contributed by atoms with Gasteiger partial charge in [0.1, 0.15) is 0 Å². The average Bonchev–Trinajstić information content (AvgIpc) is 2.89. The normalized spacial score (nSPS) is 36.2. The van der Waals surface area contributed by atoms with E-state index in [4.69, 9.17) is 0 Å². The SMILES string of the molecule is CCN1CCN(CCCC(=O)N[C@@H]2C[C@H]3CC[C@]2(C)C3(C)C)CC1. The van der Waals surface area contributed by atoms with Crippen molar-refractivity contribution < 1.29 is 4.79 Å². The Morgan fingerprint density at radius 2 is 1.79 bits per heavy atom. The first kappa shape index (κ1) is 18.2. The number of piperazine rings is 1. The zero-order chi connectivity index (χ0) is 17.4. The first-order valence-corrected chi connectivity index (χ1v) is 10.1. The van der Waals surface area contributed by atoms with Gasteiger partial charge in [-0.05, 0) is 55.5 Å². The maximum absolute atomic E-state index is 12.4. The molecule has 3 rings (SSSR count).